The molecule has 6 aromatic rings. The van der Waals surface area contributed by atoms with Gasteiger partial charge in [-0.15, -0.1) is 93.9 Å². The van der Waals surface area contributed by atoms with Crippen LogP contribution in [0, 0.1) is 54.4 Å². The van der Waals surface area contributed by atoms with Crippen molar-refractivity contribution < 1.29 is 23.3 Å². The van der Waals surface area contributed by atoms with E-state index in [-0.39, 0.29) is 39.7 Å². The SMILES string of the molecule is Cc1cc(C)cc(-c2cccc3[cH-]c(CC4CCCCCC4)cc23)c1.Cc1cc(C)cc(-c2cccc3[cH-]c(CC4CCCCCC4)cc23)c1.Cl.Cl.[CH3-].[CH3-].[Si]=[Zr]. The van der Waals surface area contributed by atoms with Crippen molar-refractivity contribution in [2.75, 3.05) is 0 Å². The van der Waals surface area contributed by atoms with Crippen molar-refractivity contribution >= 4 is 53.2 Å². The minimum absolute atomic E-state index is 0. The second-order valence-corrected chi connectivity index (χ2v) is 16.2. The third-order valence-electron chi connectivity index (χ3n) is 11.7. The summed E-state index contributed by atoms with van der Waals surface area (Å²) in [5.41, 5.74) is 13.9. The van der Waals surface area contributed by atoms with Crippen LogP contribution in [0.25, 0.3) is 43.8 Å². The van der Waals surface area contributed by atoms with Gasteiger partial charge in [-0.25, -0.2) is 0 Å². The van der Waals surface area contributed by atoms with E-state index < -0.39 is 0 Å². The van der Waals surface area contributed by atoms with E-state index in [2.05, 4.69) is 132 Å². The summed E-state index contributed by atoms with van der Waals surface area (Å²) in [5, 5.41) is 5.66. The molecule has 2 fully saturated rings. The molecule has 0 heterocycles. The molecule has 0 aliphatic heterocycles. The van der Waals surface area contributed by atoms with Crippen LogP contribution in [0.4, 0.5) is 0 Å². The summed E-state index contributed by atoms with van der Waals surface area (Å²) >= 11 is 1.36. The van der Waals surface area contributed by atoms with Crippen molar-refractivity contribution in [2.24, 2.45) is 11.8 Å². The van der Waals surface area contributed by atoms with Crippen molar-refractivity contribution in [3.8, 4) is 22.3 Å². The molecule has 0 saturated heterocycles. The van der Waals surface area contributed by atoms with Crippen LogP contribution in [0.15, 0.2) is 97.1 Å². The summed E-state index contributed by atoms with van der Waals surface area (Å²) in [7, 11) is 0. The van der Waals surface area contributed by atoms with Crippen molar-refractivity contribution in [3.05, 3.63) is 145 Å². The first-order chi connectivity index (χ1) is 25.4. The summed E-state index contributed by atoms with van der Waals surface area (Å²) in [6.45, 7) is 11.8. The molecule has 0 aromatic heterocycles. The molecule has 8 rings (SSSR count). The fourth-order valence-electron chi connectivity index (χ4n) is 9.40. The van der Waals surface area contributed by atoms with Crippen LogP contribution in [0.2, 0.25) is 0 Å². The summed E-state index contributed by atoms with van der Waals surface area (Å²) in [6, 6.07) is 37.1. The molecular weight excluding hydrogens is 815 g/mol. The molecule has 0 bridgehead atoms. The Hall–Kier alpha value is -2.22. The zero-order valence-corrected chi connectivity index (χ0v) is 40.2. The Bertz CT molecular complexity index is 1860. The third-order valence-corrected chi connectivity index (χ3v) is 11.7. The Morgan fingerprint density at radius 3 is 1.12 bits per heavy atom. The number of aryl methyl sites for hydroxylation is 4. The van der Waals surface area contributed by atoms with Crippen LogP contribution in [0.5, 0.6) is 0 Å². The molecule has 0 atom stereocenters. The Morgan fingerprint density at radius 1 is 0.482 bits per heavy atom. The standard InChI is InChI=1S/2C25H29.2CH3.2ClH.Si.Zr/c2*1-18-12-19(2)14-23(13-18)24-11-7-10-22-16-21(17-25(22)24)15-20-8-5-3-4-6-9-20;;;;;;/h2*7,10-14,16-17,20H,3-6,8-9,15H2,1-2H3;2*1H3;2*1H;;/q4*-1;;;;. The maximum atomic E-state index is 3.06. The van der Waals surface area contributed by atoms with Crippen LogP contribution in [-0.4, -0.2) is 6.88 Å². The van der Waals surface area contributed by atoms with Crippen LogP contribution in [0.1, 0.15) is 110 Å². The normalized spacial score (nSPS) is 14.6. The number of hydrogen-bond donors (Lipinski definition) is 0. The molecule has 0 unspecified atom stereocenters. The van der Waals surface area contributed by atoms with Gasteiger partial charge < -0.3 is 14.9 Å². The topological polar surface area (TPSA) is 0 Å². The van der Waals surface area contributed by atoms with Gasteiger partial charge in [0, 0.05) is 0 Å². The Kier molecular flexibility index (Phi) is 22.0. The number of fused-ring (bicyclic) bond motifs is 2. The van der Waals surface area contributed by atoms with Crippen molar-refractivity contribution in [1.82, 2.24) is 0 Å². The average molecular weight is 881 g/mol. The summed E-state index contributed by atoms with van der Waals surface area (Å²) < 4.78 is 0. The monoisotopic (exact) mass is 878 g/mol. The van der Waals surface area contributed by atoms with Crippen LogP contribution < -0.4 is 0 Å². The molecule has 2 radical (unpaired) electrons. The molecule has 6 aromatic carbocycles. The molecule has 4 heteroatoms. The van der Waals surface area contributed by atoms with Gasteiger partial charge in [-0.1, -0.05) is 159 Å². The van der Waals surface area contributed by atoms with Gasteiger partial charge in [-0.3, -0.25) is 0 Å². The molecule has 0 N–H and O–H groups in total. The number of rotatable bonds is 6. The van der Waals surface area contributed by atoms with Crippen LogP contribution in [0.3, 0.4) is 0 Å². The zero-order valence-electron chi connectivity index (χ0n) is 35.1. The predicted molar refractivity (Wildman–Crippen MR) is 252 cm³/mol. The fraction of sp³-hybridized carbons (Fsp3) is 0.385. The Morgan fingerprint density at radius 2 is 0.804 bits per heavy atom. The second kappa shape index (κ2) is 24.6. The second-order valence-electron chi connectivity index (χ2n) is 16.2. The van der Waals surface area contributed by atoms with E-state index in [0.717, 1.165) is 11.8 Å². The van der Waals surface area contributed by atoms with Gasteiger partial charge in [0.25, 0.3) is 0 Å². The molecule has 0 spiro atoms. The Labute approximate surface area is 370 Å². The molecule has 2 aliphatic carbocycles. The molecule has 300 valence electrons. The van der Waals surface area contributed by atoms with Crippen LogP contribution >= 0.6 is 24.8 Å². The van der Waals surface area contributed by atoms with Gasteiger partial charge in [0.1, 0.15) is 0 Å². The van der Waals surface area contributed by atoms with E-state index in [1.165, 1.54) is 179 Å². The number of hydrogen-bond acceptors (Lipinski definition) is 0. The fourth-order valence-corrected chi connectivity index (χ4v) is 9.40. The molecule has 56 heavy (non-hydrogen) atoms. The van der Waals surface area contributed by atoms with Crippen molar-refractivity contribution in [1.29, 1.82) is 0 Å². The van der Waals surface area contributed by atoms with E-state index in [0.29, 0.717) is 0 Å². The van der Waals surface area contributed by atoms with E-state index in [9.17, 15) is 0 Å². The maximum absolute atomic E-state index is 3.06. The average Bonchev–Trinajstić information content (AvgIpc) is 3.51. The van der Waals surface area contributed by atoms with Gasteiger partial charge >= 0.3 is 30.2 Å². The number of benzene rings is 4. The van der Waals surface area contributed by atoms with Crippen LogP contribution in [-0.2, 0) is 36.2 Å². The van der Waals surface area contributed by atoms with Gasteiger partial charge in [-0.05, 0) is 63.5 Å². The van der Waals surface area contributed by atoms with Crippen molar-refractivity contribution in [2.45, 2.75) is 118 Å². The molecule has 0 amide bonds. The first kappa shape index (κ1) is 49.9. The summed E-state index contributed by atoms with van der Waals surface area (Å²) in [4.78, 5) is 0. The molecule has 0 nitrogen and oxygen atoms in total. The first-order valence-electron chi connectivity index (χ1n) is 20.2. The van der Waals surface area contributed by atoms with E-state index >= 15 is 0 Å². The van der Waals surface area contributed by atoms with Gasteiger partial charge in [0.15, 0.2) is 0 Å². The third kappa shape index (κ3) is 13.4. The quantitative estimate of drug-likeness (QED) is 0.0888. The molecule has 2 saturated carbocycles. The van der Waals surface area contributed by atoms with E-state index in [4.69, 9.17) is 0 Å². The molecule has 2 aliphatic rings. The van der Waals surface area contributed by atoms with E-state index in [1.807, 2.05) is 0 Å². The summed E-state index contributed by atoms with van der Waals surface area (Å²) in [5.74, 6) is 1.79. The zero-order chi connectivity index (χ0) is 36.5. The predicted octanol–water partition coefficient (Wildman–Crippen LogP) is 16.1. The first-order valence-corrected chi connectivity index (χ1v) is 24.4. The number of halogens is 2. The van der Waals surface area contributed by atoms with Gasteiger partial charge in [-0.2, -0.15) is 12.1 Å². The van der Waals surface area contributed by atoms with Gasteiger partial charge in [0.05, 0.1) is 0 Å². The van der Waals surface area contributed by atoms with E-state index in [1.54, 1.807) is 11.1 Å². The molecular formula is C52H66Cl2SiZr-4. The van der Waals surface area contributed by atoms with Gasteiger partial charge in [0.2, 0.25) is 0 Å². The minimum atomic E-state index is 0. The van der Waals surface area contributed by atoms with Crippen molar-refractivity contribution in [3.63, 3.8) is 0 Å². The summed E-state index contributed by atoms with van der Waals surface area (Å²) in [6.07, 6.45) is 19.7. The Balaban J connectivity index is 0.000000347.